The molecular weight excluding hydrogens is 213 g/mol. The molecule has 0 amide bonds. The SMILES string of the molecule is Fc1ccccc1-c1cccc(C(F)F)c1. The van der Waals surface area contributed by atoms with Gasteiger partial charge >= 0.3 is 0 Å². The first kappa shape index (κ1) is 10.7. The molecule has 0 bridgehead atoms. The second-order valence-electron chi connectivity index (χ2n) is 3.41. The minimum absolute atomic E-state index is 0.0965. The fourth-order valence-electron chi connectivity index (χ4n) is 1.54. The van der Waals surface area contributed by atoms with Crippen LogP contribution in [-0.4, -0.2) is 0 Å². The molecule has 0 aliphatic heterocycles. The van der Waals surface area contributed by atoms with Crippen molar-refractivity contribution in [2.75, 3.05) is 0 Å². The van der Waals surface area contributed by atoms with Gasteiger partial charge in [0.1, 0.15) is 5.82 Å². The molecule has 0 aliphatic rings. The maximum atomic E-state index is 13.4. The van der Waals surface area contributed by atoms with Crippen LogP contribution >= 0.6 is 0 Å². The minimum atomic E-state index is -2.54. The van der Waals surface area contributed by atoms with E-state index >= 15 is 0 Å². The third kappa shape index (κ3) is 2.08. The predicted octanol–water partition coefficient (Wildman–Crippen LogP) is 4.43. The van der Waals surface area contributed by atoms with Crippen LogP contribution in [0.4, 0.5) is 13.2 Å². The first-order valence-corrected chi connectivity index (χ1v) is 4.81. The van der Waals surface area contributed by atoms with Gasteiger partial charge in [-0.25, -0.2) is 13.2 Å². The summed E-state index contributed by atoms with van der Waals surface area (Å²) in [5.41, 5.74) is 0.710. The van der Waals surface area contributed by atoms with Crippen LogP contribution in [0.1, 0.15) is 12.0 Å². The molecule has 0 fully saturated rings. The lowest BCUT2D eigenvalue weighted by atomic mass is 10.0. The average Bonchev–Trinajstić information content (AvgIpc) is 2.30. The van der Waals surface area contributed by atoms with Crippen LogP contribution in [0, 0.1) is 5.82 Å². The molecule has 0 N–H and O–H groups in total. The van der Waals surface area contributed by atoms with Crippen LogP contribution < -0.4 is 0 Å². The molecule has 2 rings (SSSR count). The number of halogens is 3. The van der Waals surface area contributed by atoms with Crippen molar-refractivity contribution in [1.82, 2.24) is 0 Å². The van der Waals surface area contributed by atoms with E-state index in [0.717, 1.165) is 0 Å². The topological polar surface area (TPSA) is 0 Å². The van der Waals surface area contributed by atoms with Crippen LogP contribution in [-0.2, 0) is 0 Å². The lowest BCUT2D eigenvalue weighted by Gasteiger charge is -2.05. The molecule has 0 nitrogen and oxygen atoms in total. The summed E-state index contributed by atoms with van der Waals surface area (Å²) >= 11 is 0. The van der Waals surface area contributed by atoms with Gasteiger partial charge in [0.15, 0.2) is 0 Å². The fourth-order valence-corrected chi connectivity index (χ4v) is 1.54. The summed E-state index contributed by atoms with van der Waals surface area (Å²) in [6.07, 6.45) is -2.54. The molecule has 0 saturated carbocycles. The molecule has 2 aromatic rings. The summed E-state index contributed by atoms with van der Waals surface area (Å²) in [6.45, 7) is 0. The molecule has 16 heavy (non-hydrogen) atoms. The van der Waals surface area contributed by atoms with Crippen molar-refractivity contribution in [2.45, 2.75) is 6.43 Å². The quantitative estimate of drug-likeness (QED) is 0.705. The third-order valence-corrected chi connectivity index (χ3v) is 2.32. The van der Waals surface area contributed by atoms with Crippen LogP contribution in [0.5, 0.6) is 0 Å². The van der Waals surface area contributed by atoms with E-state index in [1.165, 1.54) is 24.3 Å². The van der Waals surface area contributed by atoms with Gasteiger partial charge in [0.25, 0.3) is 6.43 Å². The van der Waals surface area contributed by atoms with Crippen LogP contribution in [0.25, 0.3) is 11.1 Å². The van der Waals surface area contributed by atoms with E-state index < -0.39 is 12.2 Å². The van der Waals surface area contributed by atoms with Gasteiger partial charge in [-0.3, -0.25) is 0 Å². The van der Waals surface area contributed by atoms with E-state index in [0.29, 0.717) is 11.1 Å². The van der Waals surface area contributed by atoms with Crippen LogP contribution in [0.15, 0.2) is 48.5 Å². The maximum Gasteiger partial charge on any atom is 0.263 e. The Morgan fingerprint density at radius 2 is 1.62 bits per heavy atom. The number of rotatable bonds is 2. The van der Waals surface area contributed by atoms with Crippen molar-refractivity contribution in [2.24, 2.45) is 0 Å². The Morgan fingerprint density at radius 1 is 0.875 bits per heavy atom. The van der Waals surface area contributed by atoms with Gasteiger partial charge in [0.05, 0.1) is 0 Å². The number of benzene rings is 2. The summed E-state index contributed by atoms with van der Waals surface area (Å²) < 4.78 is 38.4. The Kier molecular flexibility index (Phi) is 2.95. The summed E-state index contributed by atoms with van der Waals surface area (Å²) in [5.74, 6) is -0.408. The first-order chi connectivity index (χ1) is 7.68. The van der Waals surface area contributed by atoms with Crippen molar-refractivity contribution >= 4 is 0 Å². The second kappa shape index (κ2) is 4.39. The van der Waals surface area contributed by atoms with E-state index in [1.54, 1.807) is 24.3 Å². The summed E-state index contributed by atoms with van der Waals surface area (Å²) in [5, 5.41) is 0. The predicted molar refractivity (Wildman–Crippen MR) is 56.8 cm³/mol. The maximum absolute atomic E-state index is 13.4. The highest BCUT2D eigenvalue weighted by atomic mass is 19.3. The Balaban J connectivity index is 2.49. The molecule has 0 saturated heterocycles. The molecule has 82 valence electrons. The van der Waals surface area contributed by atoms with Crippen molar-refractivity contribution in [3.05, 3.63) is 59.9 Å². The highest BCUT2D eigenvalue weighted by molar-refractivity contribution is 5.64. The zero-order chi connectivity index (χ0) is 11.5. The Hall–Kier alpha value is -1.77. The van der Waals surface area contributed by atoms with E-state index in [1.807, 2.05) is 0 Å². The van der Waals surface area contributed by atoms with Crippen LogP contribution in [0.3, 0.4) is 0 Å². The fraction of sp³-hybridized carbons (Fsp3) is 0.0769. The largest absolute Gasteiger partial charge is 0.263 e. The standard InChI is InChI=1S/C13H9F3/c14-12-7-2-1-6-11(12)9-4-3-5-10(8-9)13(15)16/h1-8,13H. The normalized spacial score (nSPS) is 10.8. The Labute approximate surface area is 91.4 Å². The van der Waals surface area contributed by atoms with Crippen molar-refractivity contribution < 1.29 is 13.2 Å². The Morgan fingerprint density at radius 3 is 2.31 bits per heavy atom. The number of hydrogen-bond acceptors (Lipinski definition) is 0. The average molecular weight is 222 g/mol. The number of alkyl halides is 2. The van der Waals surface area contributed by atoms with Gasteiger partial charge < -0.3 is 0 Å². The molecule has 0 unspecified atom stereocenters. The molecule has 0 heterocycles. The molecule has 2 aromatic carbocycles. The molecule has 0 aromatic heterocycles. The molecular formula is C13H9F3. The number of hydrogen-bond donors (Lipinski definition) is 0. The van der Waals surface area contributed by atoms with Gasteiger partial charge in [-0.05, 0) is 17.7 Å². The highest BCUT2D eigenvalue weighted by Crippen LogP contribution is 2.27. The van der Waals surface area contributed by atoms with Crippen molar-refractivity contribution in [3.8, 4) is 11.1 Å². The van der Waals surface area contributed by atoms with Gasteiger partial charge in [0, 0.05) is 11.1 Å². The molecule has 0 aliphatic carbocycles. The smallest absolute Gasteiger partial charge is 0.206 e. The van der Waals surface area contributed by atoms with Gasteiger partial charge in [-0.1, -0.05) is 36.4 Å². The first-order valence-electron chi connectivity index (χ1n) is 4.81. The molecule has 0 radical (unpaired) electrons. The summed E-state index contributed by atoms with van der Waals surface area (Å²) in [6, 6.07) is 11.9. The molecule has 3 heteroatoms. The lowest BCUT2D eigenvalue weighted by Crippen LogP contribution is -1.87. The van der Waals surface area contributed by atoms with E-state index in [9.17, 15) is 13.2 Å². The van der Waals surface area contributed by atoms with Gasteiger partial charge in [0.2, 0.25) is 0 Å². The zero-order valence-corrected chi connectivity index (χ0v) is 8.33. The summed E-state index contributed by atoms with van der Waals surface area (Å²) in [4.78, 5) is 0. The zero-order valence-electron chi connectivity index (χ0n) is 8.33. The third-order valence-electron chi connectivity index (χ3n) is 2.32. The summed E-state index contributed by atoms with van der Waals surface area (Å²) in [7, 11) is 0. The van der Waals surface area contributed by atoms with Gasteiger partial charge in [-0.15, -0.1) is 0 Å². The molecule has 0 atom stereocenters. The second-order valence-corrected chi connectivity index (χ2v) is 3.41. The minimum Gasteiger partial charge on any atom is -0.206 e. The highest BCUT2D eigenvalue weighted by Gasteiger charge is 2.09. The molecule has 0 spiro atoms. The van der Waals surface area contributed by atoms with Gasteiger partial charge in [-0.2, -0.15) is 0 Å². The van der Waals surface area contributed by atoms with Crippen LogP contribution in [0.2, 0.25) is 0 Å². The monoisotopic (exact) mass is 222 g/mol. The Bertz CT molecular complexity index is 492. The van der Waals surface area contributed by atoms with Crippen molar-refractivity contribution in [1.29, 1.82) is 0 Å². The lowest BCUT2D eigenvalue weighted by molar-refractivity contribution is 0.151. The van der Waals surface area contributed by atoms with Crippen molar-refractivity contribution in [3.63, 3.8) is 0 Å². The van der Waals surface area contributed by atoms with E-state index in [2.05, 4.69) is 0 Å². The van der Waals surface area contributed by atoms with E-state index in [4.69, 9.17) is 0 Å². The van der Waals surface area contributed by atoms with E-state index in [-0.39, 0.29) is 5.56 Å².